The molecular formula is C26H32ClN7O2. The van der Waals surface area contributed by atoms with Crippen LogP contribution in [0.2, 0.25) is 5.02 Å². The Kier molecular flexibility index (Phi) is 8.22. The number of benzene rings is 1. The molecule has 0 radical (unpaired) electrons. The lowest BCUT2D eigenvalue weighted by Gasteiger charge is -2.30. The van der Waals surface area contributed by atoms with E-state index in [4.69, 9.17) is 11.6 Å². The van der Waals surface area contributed by atoms with Crippen molar-refractivity contribution in [2.24, 2.45) is 0 Å². The van der Waals surface area contributed by atoms with Crippen LogP contribution in [-0.4, -0.2) is 77.9 Å². The van der Waals surface area contributed by atoms with E-state index in [1.807, 2.05) is 23.2 Å². The molecule has 10 heteroatoms. The predicted octanol–water partition coefficient (Wildman–Crippen LogP) is 3.63. The largest absolute Gasteiger partial charge is 0.368 e. The van der Waals surface area contributed by atoms with Crippen LogP contribution in [0.25, 0.3) is 0 Å². The van der Waals surface area contributed by atoms with Crippen molar-refractivity contribution in [3.05, 3.63) is 65.6 Å². The van der Waals surface area contributed by atoms with E-state index in [0.717, 1.165) is 43.6 Å². The van der Waals surface area contributed by atoms with Gasteiger partial charge in [-0.05, 0) is 63.2 Å². The molecular weight excluding hydrogens is 478 g/mol. The highest BCUT2D eigenvalue weighted by molar-refractivity contribution is 6.30. The average Bonchev–Trinajstić information content (AvgIpc) is 3.39. The Morgan fingerprint density at radius 1 is 1.22 bits per heavy atom. The molecule has 36 heavy (non-hydrogen) atoms. The summed E-state index contributed by atoms with van der Waals surface area (Å²) in [6.07, 6.45) is 8.97. The molecule has 2 saturated heterocycles. The van der Waals surface area contributed by atoms with Gasteiger partial charge in [0.15, 0.2) is 0 Å². The van der Waals surface area contributed by atoms with Crippen molar-refractivity contribution in [2.45, 2.75) is 25.3 Å². The number of likely N-dealkylation sites (tertiary alicyclic amines) is 1. The lowest BCUT2D eigenvalue weighted by molar-refractivity contribution is -0.111. The fourth-order valence-corrected chi connectivity index (χ4v) is 4.62. The summed E-state index contributed by atoms with van der Waals surface area (Å²) in [5, 5.41) is 6.46. The van der Waals surface area contributed by atoms with Crippen molar-refractivity contribution in [2.75, 3.05) is 55.8 Å². The molecule has 2 N–H and O–H groups in total. The third-order valence-corrected chi connectivity index (χ3v) is 6.75. The van der Waals surface area contributed by atoms with E-state index in [2.05, 4.69) is 51.1 Å². The van der Waals surface area contributed by atoms with E-state index >= 15 is 0 Å². The molecule has 0 bridgehead atoms. The van der Waals surface area contributed by atoms with Crippen molar-refractivity contribution < 1.29 is 9.59 Å². The SMILES string of the molecule is C=CC(=O)Nc1ccc(C(=O)N2CCC/C(=C\Nc3ncc(Cl)cn3)C2)cc1N1CCC(N(C)C)C1. The molecule has 4 rings (SSSR count). The number of likely N-dealkylation sites (N-methyl/N-ethyl adjacent to an activating group) is 1. The second-order valence-electron chi connectivity index (χ2n) is 9.28. The highest BCUT2D eigenvalue weighted by Gasteiger charge is 2.28. The van der Waals surface area contributed by atoms with Crippen molar-refractivity contribution >= 4 is 40.7 Å². The monoisotopic (exact) mass is 509 g/mol. The predicted molar refractivity (Wildman–Crippen MR) is 143 cm³/mol. The van der Waals surface area contributed by atoms with Gasteiger partial charge in [-0.2, -0.15) is 0 Å². The van der Waals surface area contributed by atoms with Gasteiger partial charge in [-0.25, -0.2) is 9.97 Å². The maximum absolute atomic E-state index is 13.5. The van der Waals surface area contributed by atoms with E-state index < -0.39 is 0 Å². The number of halogens is 1. The van der Waals surface area contributed by atoms with Crippen LogP contribution in [0.4, 0.5) is 17.3 Å². The zero-order valence-corrected chi connectivity index (χ0v) is 21.5. The summed E-state index contributed by atoms with van der Waals surface area (Å²) < 4.78 is 0. The van der Waals surface area contributed by atoms with Gasteiger partial charge < -0.3 is 25.3 Å². The summed E-state index contributed by atoms with van der Waals surface area (Å²) in [7, 11) is 4.15. The molecule has 0 spiro atoms. The molecule has 9 nitrogen and oxygen atoms in total. The van der Waals surface area contributed by atoms with Crippen LogP contribution in [0.15, 0.2) is 55.0 Å². The third kappa shape index (κ3) is 6.22. The van der Waals surface area contributed by atoms with E-state index in [1.54, 1.807) is 6.07 Å². The van der Waals surface area contributed by atoms with Gasteiger partial charge in [0.1, 0.15) is 0 Å². The molecule has 2 aliphatic rings. The summed E-state index contributed by atoms with van der Waals surface area (Å²) in [6, 6.07) is 5.91. The van der Waals surface area contributed by atoms with Crippen LogP contribution >= 0.6 is 11.6 Å². The molecule has 1 aromatic carbocycles. The van der Waals surface area contributed by atoms with Crippen molar-refractivity contribution in [3.63, 3.8) is 0 Å². The molecule has 2 amide bonds. The van der Waals surface area contributed by atoms with Crippen LogP contribution in [0.1, 0.15) is 29.6 Å². The number of anilines is 3. The first-order valence-electron chi connectivity index (χ1n) is 12.0. The smallest absolute Gasteiger partial charge is 0.254 e. The van der Waals surface area contributed by atoms with E-state index in [1.165, 1.54) is 18.5 Å². The molecule has 2 aromatic rings. The number of piperidine rings is 1. The summed E-state index contributed by atoms with van der Waals surface area (Å²) in [5.74, 6) is 0.148. The molecule has 3 heterocycles. The fourth-order valence-electron chi connectivity index (χ4n) is 4.53. The summed E-state index contributed by atoms with van der Waals surface area (Å²) >= 11 is 5.85. The third-order valence-electron chi connectivity index (χ3n) is 6.56. The summed E-state index contributed by atoms with van der Waals surface area (Å²) in [4.78, 5) is 40.1. The first kappa shape index (κ1) is 25.7. The minimum Gasteiger partial charge on any atom is -0.368 e. The Bertz CT molecular complexity index is 1150. The number of aromatic nitrogens is 2. The van der Waals surface area contributed by atoms with Gasteiger partial charge in [-0.1, -0.05) is 18.2 Å². The van der Waals surface area contributed by atoms with Crippen molar-refractivity contribution in [1.82, 2.24) is 19.8 Å². The number of carbonyl (C=O) groups is 2. The Morgan fingerprint density at radius 3 is 2.69 bits per heavy atom. The lowest BCUT2D eigenvalue weighted by atomic mass is 10.0. The van der Waals surface area contributed by atoms with Crippen LogP contribution in [0.5, 0.6) is 0 Å². The first-order valence-corrected chi connectivity index (χ1v) is 12.4. The number of carbonyl (C=O) groups excluding carboxylic acids is 2. The topological polar surface area (TPSA) is 93.7 Å². The van der Waals surface area contributed by atoms with Crippen LogP contribution in [-0.2, 0) is 4.79 Å². The number of rotatable bonds is 7. The van der Waals surface area contributed by atoms with E-state index in [9.17, 15) is 9.59 Å². The molecule has 0 aliphatic carbocycles. The number of hydrogen-bond donors (Lipinski definition) is 2. The molecule has 2 fully saturated rings. The number of hydrogen-bond acceptors (Lipinski definition) is 7. The first-order chi connectivity index (χ1) is 17.3. The maximum Gasteiger partial charge on any atom is 0.254 e. The van der Waals surface area contributed by atoms with Crippen LogP contribution < -0.4 is 15.5 Å². The molecule has 1 unspecified atom stereocenters. The summed E-state index contributed by atoms with van der Waals surface area (Å²) in [5.41, 5.74) is 3.23. The molecule has 1 aromatic heterocycles. The fraction of sp³-hybridized carbons (Fsp3) is 0.385. The van der Waals surface area contributed by atoms with Gasteiger partial charge in [-0.15, -0.1) is 0 Å². The van der Waals surface area contributed by atoms with E-state index in [0.29, 0.717) is 41.4 Å². The van der Waals surface area contributed by atoms with E-state index in [-0.39, 0.29) is 11.8 Å². The van der Waals surface area contributed by atoms with Gasteiger partial charge in [-0.3, -0.25) is 9.59 Å². The molecule has 1 atom stereocenters. The Morgan fingerprint density at radius 2 is 2.00 bits per heavy atom. The highest BCUT2D eigenvalue weighted by Crippen LogP contribution is 2.32. The van der Waals surface area contributed by atoms with Crippen LogP contribution in [0, 0.1) is 0 Å². The van der Waals surface area contributed by atoms with Crippen LogP contribution in [0.3, 0.4) is 0 Å². The number of nitrogens with zero attached hydrogens (tertiary/aromatic N) is 5. The molecule has 190 valence electrons. The van der Waals surface area contributed by atoms with Gasteiger partial charge in [0.25, 0.3) is 5.91 Å². The molecule has 0 saturated carbocycles. The van der Waals surface area contributed by atoms with Gasteiger partial charge in [0, 0.05) is 44.0 Å². The standard InChI is InChI=1S/C26H32ClN7O2/c1-4-24(35)31-22-8-7-19(12-23(22)33-11-9-21(17-33)32(2)3)25(36)34-10-5-6-18(16-34)13-28-26-29-14-20(27)15-30-26/h4,7-8,12-15,21H,1,5-6,9-11,16-17H2,2-3H3,(H,31,35)(H,28,29,30)/b18-13+. The number of amides is 2. The van der Waals surface area contributed by atoms with Gasteiger partial charge in [0.05, 0.1) is 28.8 Å². The Hall–Kier alpha value is -3.43. The average molecular weight is 510 g/mol. The second-order valence-corrected chi connectivity index (χ2v) is 9.72. The van der Waals surface area contributed by atoms with Crippen molar-refractivity contribution in [3.8, 4) is 0 Å². The van der Waals surface area contributed by atoms with Crippen molar-refractivity contribution in [1.29, 1.82) is 0 Å². The summed E-state index contributed by atoms with van der Waals surface area (Å²) in [6.45, 7) is 6.45. The normalized spacial score (nSPS) is 19.0. The Labute approximate surface area is 216 Å². The maximum atomic E-state index is 13.5. The molecule has 2 aliphatic heterocycles. The minimum absolute atomic E-state index is 0.0328. The van der Waals surface area contributed by atoms with Gasteiger partial charge in [0.2, 0.25) is 11.9 Å². The highest BCUT2D eigenvalue weighted by atomic mass is 35.5. The lowest BCUT2D eigenvalue weighted by Crippen LogP contribution is -2.37. The van der Waals surface area contributed by atoms with Gasteiger partial charge >= 0.3 is 0 Å². The quantitative estimate of drug-likeness (QED) is 0.550. The number of nitrogens with one attached hydrogen (secondary N) is 2. The Balaban J connectivity index is 1.51. The zero-order chi connectivity index (χ0) is 25.7. The second kappa shape index (κ2) is 11.5. The minimum atomic E-state index is -0.276. The zero-order valence-electron chi connectivity index (χ0n) is 20.7.